The second-order valence-corrected chi connectivity index (χ2v) is 5.96. The molecular weight excluding hydrogens is 148 g/mol. The van der Waals surface area contributed by atoms with Crippen molar-refractivity contribution in [2.24, 2.45) is 29.1 Å². The van der Waals surface area contributed by atoms with Crippen LogP contribution in [0, 0.1) is 29.1 Å². The normalized spacial score (nSPS) is 65.0. The number of hydrogen-bond acceptors (Lipinski definition) is 1. The summed E-state index contributed by atoms with van der Waals surface area (Å²) in [7, 11) is 0. The summed E-state index contributed by atoms with van der Waals surface area (Å²) in [5, 5.41) is 10.3. The van der Waals surface area contributed by atoms with E-state index in [4.69, 9.17) is 0 Å². The van der Waals surface area contributed by atoms with Crippen molar-refractivity contribution >= 4 is 0 Å². The lowest BCUT2D eigenvalue weighted by Crippen LogP contribution is -2.62. The molecule has 68 valence electrons. The standard InChI is InChI=1S/C11H18O/c1-10(2)8-5-6-4-7(8)9(10)11(6,3)12/h6-9,12H,4-5H2,1-3H3/t6-,7+,8-,9+,11+/m1/s1. The molecule has 2 bridgehead atoms. The predicted octanol–water partition coefficient (Wildman–Crippen LogP) is 2.05. The van der Waals surface area contributed by atoms with Crippen LogP contribution in [-0.2, 0) is 0 Å². The van der Waals surface area contributed by atoms with Crippen LogP contribution in [0.4, 0.5) is 0 Å². The molecule has 0 aromatic rings. The van der Waals surface area contributed by atoms with E-state index in [9.17, 15) is 5.11 Å². The Morgan fingerprint density at radius 1 is 1.17 bits per heavy atom. The van der Waals surface area contributed by atoms with Crippen molar-refractivity contribution in [3.05, 3.63) is 0 Å². The molecule has 0 amide bonds. The quantitative estimate of drug-likeness (QED) is 0.584. The minimum absolute atomic E-state index is 0.330. The molecule has 0 aromatic carbocycles. The molecule has 3 saturated carbocycles. The molecule has 1 N–H and O–H groups in total. The zero-order valence-electron chi connectivity index (χ0n) is 8.17. The molecule has 0 radical (unpaired) electrons. The van der Waals surface area contributed by atoms with Crippen molar-refractivity contribution in [3.63, 3.8) is 0 Å². The van der Waals surface area contributed by atoms with Gasteiger partial charge in [0.2, 0.25) is 0 Å². The van der Waals surface area contributed by atoms with Gasteiger partial charge in [-0.2, -0.15) is 0 Å². The Morgan fingerprint density at radius 2 is 1.83 bits per heavy atom. The molecular formula is C11H18O. The van der Waals surface area contributed by atoms with E-state index in [1.54, 1.807) is 0 Å². The van der Waals surface area contributed by atoms with Crippen LogP contribution in [0.3, 0.4) is 0 Å². The van der Waals surface area contributed by atoms with Gasteiger partial charge in [-0.15, -0.1) is 0 Å². The third-order valence-electron chi connectivity index (χ3n) is 5.25. The first kappa shape index (κ1) is 7.37. The molecule has 0 unspecified atom stereocenters. The van der Waals surface area contributed by atoms with Crippen molar-refractivity contribution in [2.45, 2.75) is 39.2 Å². The van der Waals surface area contributed by atoms with Gasteiger partial charge >= 0.3 is 0 Å². The predicted molar refractivity (Wildman–Crippen MR) is 47.6 cm³/mol. The largest absolute Gasteiger partial charge is 0.390 e. The van der Waals surface area contributed by atoms with Crippen molar-refractivity contribution in [1.82, 2.24) is 0 Å². The maximum Gasteiger partial charge on any atom is 0.0683 e. The molecule has 1 heteroatoms. The van der Waals surface area contributed by atoms with E-state index in [0.29, 0.717) is 17.3 Å². The fourth-order valence-corrected chi connectivity index (χ4v) is 4.88. The fourth-order valence-electron chi connectivity index (χ4n) is 4.88. The summed E-state index contributed by atoms with van der Waals surface area (Å²) in [4.78, 5) is 0. The minimum atomic E-state index is -0.330. The number of rotatable bonds is 0. The first-order valence-corrected chi connectivity index (χ1v) is 5.18. The summed E-state index contributed by atoms with van der Waals surface area (Å²) in [6.45, 7) is 6.75. The van der Waals surface area contributed by atoms with Gasteiger partial charge in [-0.05, 0) is 48.9 Å². The molecule has 0 spiro atoms. The molecule has 5 atom stereocenters. The number of aliphatic hydroxyl groups is 1. The Kier molecular flexibility index (Phi) is 0.991. The topological polar surface area (TPSA) is 20.2 Å². The van der Waals surface area contributed by atoms with Crippen LogP contribution in [0.2, 0.25) is 0 Å². The summed E-state index contributed by atoms with van der Waals surface area (Å²) in [6.07, 6.45) is 2.60. The first-order valence-electron chi connectivity index (χ1n) is 5.18. The van der Waals surface area contributed by atoms with Gasteiger partial charge in [-0.3, -0.25) is 0 Å². The van der Waals surface area contributed by atoms with Crippen molar-refractivity contribution in [2.75, 3.05) is 0 Å². The van der Waals surface area contributed by atoms with Crippen molar-refractivity contribution in [1.29, 1.82) is 0 Å². The van der Waals surface area contributed by atoms with Gasteiger partial charge in [0.25, 0.3) is 0 Å². The third kappa shape index (κ3) is 0.501. The lowest BCUT2D eigenvalue weighted by atomic mass is 9.44. The smallest absolute Gasteiger partial charge is 0.0683 e. The minimum Gasteiger partial charge on any atom is -0.390 e. The SMILES string of the molecule is CC1(C)[C@@H]2C[C@H]3C[C@@H]2[C@@H]1[C@@]3(C)O. The highest BCUT2D eigenvalue weighted by atomic mass is 16.3. The molecule has 0 aromatic heterocycles. The molecule has 0 heterocycles. The van der Waals surface area contributed by atoms with E-state index in [0.717, 1.165) is 11.8 Å². The zero-order valence-corrected chi connectivity index (χ0v) is 8.17. The van der Waals surface area contributed by atoms with Crippen LogP contribution in [0.15, 0.2) is 0 Å². The van der Waals surface area contributed by atoms with Crippen molar-refractivity contribution < 1.29 is 5.11 Å². The molecule has 0 saturated heterocycles. The van der Waals surface area contributed by atoms with Crippen LogP contribution < -0.4 is 0 Å². The Balaban J connectivity index is 2.06. The van der Waals surface area contributed by atoms with Crippen LogP contribution >= 0.6 is 0 Å². The first-order chi connectivity index (χ1) is 5.45. The highest BCUT2D eigenvalue weighted by molar-refractivity contribution is 5.22. The van der Waals surface area contributed by atoms with Crippen LogP contribution in [0.1, 0.15) is 33.6 Å². The Morgan fingerprint density at radius 3 is 2.17 bits per heavy atom. The van der Waals surface area contributed by atoms with E-state index in [-0.39, 0.29) is 5.60 Å². The molecule has 3 aliphatic carbocycles. The van der Waals surface area contributed by atoms with Gasteiger partial charge in [0, 0.05) is 0 Å². The highest BCUT2D eigenvalue weighted by Crippen LogP contribution is 2.75. The summed E-state index contributed by atoms with van der Waals surface area (Å²) in [5.41, 5.74) is 0.101. The van der Waals surface area contributed by atoms with Gasteiger partial charge in [0.05, 0.1) is 5.60 Å². The maximum absolute atomic E-state index is 10.3. The number of fused-ring (bicyclic) bond motifs is 1. The van der Waals surface area contributed by atoms with Crippen molar-refractivity contribution in [3.8, 4) is 0 Å². The van der Waals surface area contributed by atoms with Gasteiger partial charge in [-0.1, -0.05) is 13.8 Å². The summed E-state index contributed by atoms with van der Waals surface area (Å²) < 4.78 is 0. The Hall–Kier alpha value is -0.0400. The average Bonchev–Trinajstić information content (AvgIpc) is 2.35. The monoisotopic (exact) mass is 166 g/mol. The van der Waals surface area contributed by atoms with Crippen LogP contribution in [0.5, 0.6) is 0 Å². The summed E-state index contributed by atoms with van der Waals surface area (Å²) >= 11 is 0. The summed E-state index contributed by atoms with van der Waals surface area (Å²) in [6, 6.07) is 0. The van der Waals surface area contributed by atoms with E-state index in [2.05, 4.69) is 20.8 Å². The highest BCUT2D eigenvalue weighted by Gasteiger charge is 2.73. The molecule has 12 heavy (non-hydrogen) atoms. The van der Waals surface area contributed by atoms with E-state index < -0.39 is 0 Å². The van der Waals surface area contributed by atoms with Gasteiger partial charge in [-0.25, -0.2) is 0 Å². The zero-order chi connectivity index (χ0) is 8.72. The lowest BCUT2D eigenvalue weighted by Gasteiger charge is -2.62. The molecule has 3 aliphatic rings. The van der Waals surface area contributed by atoms with Gasteiger partial charge in [0.1, 0.15) is 0 Å². The second kappa shape index (κ2) is 1.61. The lowest BCUT2D eigenvalue weighted by molar-refractivity contribution is -0.203. The molecule has 1 nitrogen and oxygen atoms in total. The third-order valence-corrected chi connectivity index (χ3v) is 5.25. The van der Waals surface area contributed by atoms with Gasteiger partial charge in [0.15, 0.2) is 0 Å². The van der Waals surface area contributed by atoms with Crippen LogP contribution in [-0.4, -0.2) is 10.7 Å². The second-order valence-electron chi connectivity index (χ2n) is 5.96. The summed E-state index contributed by atoms with van der Waals surface area (Å²) in [5.74, 6) is 3.05. The van der Waals surface area contributed by atoms with Crippen LogP contribution in [0.25, 0.3) is 0 Å². The molecule has 3 fully saturated rings. The number of hydrogen-bond donors (Lipinski definition) is 1. The van der Waals surface area contributed by atoms with E-state index >= 15 is 0 Å². The van der Waals surface area contributed by atoms with Gasteiger partial charge < -0.3 is 5.11 Å². The van der Waals surface area contributed by atoms with E-state index in [1.807, 2.05) is 0 Å². The Bertz CT molecular complexity index is 241. The maximum atomic E-state index is 10.3. The molecule has 0 aliphatic heterocycles. The fraction of sp³-hybridized carbons (Fsp3) is 1.00. The molecule has 3 rings (SSSR count). The van der Waals surface area contributed by atoms with E-state index in [1.165, 1.54) is 12.8 Å². The average molecular weight is 166 g/mol. The Labute approximate surface area is 74.2 Å².